The normalized spacial score (nSPS) is 12.5. The average molecular weight is 701 g/mol. The molecule has 0 aromatic heterocycles. The van der Waals surface area contributed by atoms with Crippen molar-refractivity contribution in [2.75, 3.05) is 0 Å². The molecule has 0 fully saturated rings. The molecule has 0 aliphatic carbocycles. The molecule has 0 saturated heterocycles. The monoisotopic (exact) mass is 701 g/mol. The Hall–Kier alpha value is -0.260. The van der Waals surface area contributed by atoms with Crippen LogP contribution in [0.2, 0.25) is 0 Å². The average Bonchev–Trinajstić information content (AvgIpc) is 3.13. The van der Waals surface area contributed by atoms with Crippen LogP contribution in [-0.4, -0.2) is 0 Å². The quantitative estimate of drug-likeness (QED) is 0.0438. The van der Waals surface area contributed by atoms with E-state index in [1.54, 1.807) is 0 Å². The van der Waals surface area contributed by atoms with Crippen LogP contribution in [0.5, 0.6) is 0 Å². The molecule has 0 bridgehead atoms. The fourth-order valence-electron chi connectivity index (χ4n) is 8.19. The first-order chi connectivity index (χ1) is 24.8. The minimum Gasteiger partial charge on any atom is -0.0885 e. The van der Waals surface area contributed by atoms with E-state index in [0.29, 0.717) is 0 Å². The summed E-state index contributed by atoms with van der Waals surface area (Å²) in [5.74, 6) is 1.02. The summed E-state index contributed by atoms with van der Waals surface area (Å²) in [6, 6.07) is 0. The zero-order valence-corrected chi connectivity index (χ0v) is 35.8. The predicted molar refractivity (Wildman–Crippen MR) is 233 cm³/mol. The van der Waals surface area contributed by atoms with Gasteiger partial charge < -0.3 is 0 Å². The van der Waals surface area contributed by atoms with Gasteiger partial charge in [0, 0.05) is 0 Å². The molecule has 0 radical (unpaired) electrons. The van der Waals surface area contributed by atoms with E-state index >= 15 is 0 Å². The number of rotatable bonds is 45. The van der Waals surface area contributed by atoms with Crippen molar-refractivity contribution >= 4 is 0 Å². The fraction of sp³-hybridized carbons (Fsp3) is 0.960. The van der Waals surface area contributed by atoms with Crippen molar-refractivity contribution < 1.29 is 0 Å². The van der Waals surface area contributed by atoms with E-state index in [-0.39, 0.29) is 0 Å². The minimum absolute atomic E-state index is 1.02. The summed E-state index contributed by atoms with van der Waals surface area (Å²) in [7, 11) is 0. The van der Waals surface area contributed by atoms with Crippen molar-refractivity contribution in [2.24, 2.45) is 5.92 Å². The molecule has 0 aliphatic heterocycles. The topological polar surface area (TPSA) is 0 Å². The van der Waals surface area contributed by atoms with E-state index in [2.05, 4.69) is 32.9 Å². The maximum atomic E-state index is 2.49. The molecule has 0 amide bonds. The van der Waals surface area contributed by atoms with Crippen molar-refractivity contribution in [3.05, 3.63) is 12.2 Å². The van der Waals surface area contributed by atoms with Crippen molar-refractivity contribution in [1.82, 2.24) is 0 Å². The van der Waals surface area contributed by atoms with E-state index < -0.39 is 0 Å². The third-order valence-electron chi connectivity index (χ3n) is 11.8. The summed E-state index contributed by atoms with van der Waals surface area (Å²) < 4.78 is 0. The Labute approximate surface area is 320 Å². The Bertz CT molecular complexity index is 589. The third kappa shape index (κ3) is 43.9. The summed E-state index contributed by atoms with van der Waals surface area (Å²) in [5.41, 5.74) is 0. The molecule has 0 N–H and O–H groups in total. The van der Waals surface area contributed by atoms with Gasteiger partial charge in [0.25, 0.3) is 0 Å². The van der Waals surface area contributed by atoms with Crippen molar-refractivity contribution in [3.63, 3.8) is 0 Å². The molecule has 0 aromatic carbocycles. The molecule has 0 spiro atoms. The standard InChI is InChI=1S/C50H100/c1-4-7-10-13-16-19-22-25-27-28-31-34-37-40-43-46-49-50(47-44-41-38-35-32-29-24-21-18-15-12-9-6-3)48-45-42-39-36-33-30-26-23-20-17-14-11-8-5-2/h29,32,50H,4-28,30-31,33-49H2,1-3H3. The zero-order chi connectivity index (χ0) is 36.1. The van der Waals surface area contributed by atoms with E-state index in [4.69, 9.17) is 0 Å². The summed E-state index contributed by atoms with van der Waals surface area (Å²) >= 11 is 0. The van der Waals surface area contributed by atoms with Crippen LogP contribution >= 0.6 is 0 Å². The van der Waals surface area contributed by atoms with Gasteiger partial charge in [0.1, 0.15) is 0 Å². The maximum Gasteiger partial charge on any atom is -0.0351 e. The molecule has 0 rings (SSSR count). The van der Waals surface area contributed by atoms with E-state index in [1.165, 1.54) is 283 Å². The molecular formula is C50H100. The second-order valence-electron chi connectivity index (χ2n) is 17.0. The summed E-state index contributed by atoms with van der Waals surface area (Å²) in [5, 5.41) is 0. The van der Waals surface area contributed by atoms with Crippen molar-refractivity contribution in [2.45, 2.75) is 303 Å². The fourth-order valence-corrected chi connectivity index (χ4v) is 8.19. The molecule has 0 aromatic rings. The largest absolute Gasteiger partial charge is 0.0885 e. The van der Waals surface area contributed by atoms with Crippen LogP contribution < -0.4 is 0 Å². The smallest absolute Gasteiger partial charge is 0.0351 e. The van der Waals surface area contributed by atoms with Gasteiger partial charge in [0.05, 0.1) is 0 Å². The van der Waals surface area contributed by atoms with Gasteiger partial charge in [-0.15, -0.1) is 0 Å². The molecule has 1 atom stereocenters. The lowest BCUT2D eigenvalue weighted by Crippen LogP contribution is -2.01. The molecule has 0 heteroatoms. The Morgan fingerprint density at radius 1 is 0.220 bits per heavy atom. The summed E-state index contributed by atoms with van der Waals surface area (Å²) in [6.07, 6.45) is 69.4. The zero-order valence-electron chi connectivity index (χ0n) is 35.8. The van der Waals surface area contributed by atoms with E-state index in [1.807, 2.05) is 0 Å². The van der Waals surface area contributed by atoms with Gasteiger partial charge in [-0.1, -0.05) is 290 Å². The van der Waals surface area contributed by atoms with Gasteiger partial charge in [-0.25, -0.2) is 0 Å². The second kappa shape index (κ2) is 46.8. The molecule has 1 unspecified atom stereocenters. The minimum atomic E-state index is 1.02. The molecule has 0 aliphatic rings. The van der Waals surface area contributed by atoms with Gasteiger partial charge in [0.15, 0.2) is 0 Å². The number of hydrogen-bond donors (Lipinski definition) is 0. The van der Waals surface area contributed by atoms with Crippen molar-refractivity contribution in [3.8, 4) is 0 Å². The number of allylic oxidation sites excluding steroid dienone is 2. The molecule has 0 heterocycles. The highest BCUT2D eigenvalue weighted by Crippen LogP contribution is 2.25. The molecule has 0 saturated carbocycles. The van der Waals surface area contributed by atoms with Crippen LogP contribution in [0.25, 0.3) is 0 Å². The SMILES string of the molecule is CCCCCCCCC=CCCCCCC(CCCCCCCCCCCCCCCC)CCCCCCCCCCCCCCCCCC. The van der Waals surface area contributed by atoms with Crippen LogP contribution in [-0.2, 0) is 0 Å². The third-order valence-corrected chi connectivity index (χ3v) is 11.8. The first-order valence-electron chi connectivity index (χ1n) is 24.5. The van der Waals surface area contributed by atoms with Crippen LogP contribution in [0.4, 0.5) is 0 Å². The van der Waals surface area contributed by atoms with E-state index in [0.717, 1.165) is 5.92 Å². The lowest BCUT2D eigenvalue weighted by molar-refractivity contribution is 0.366. The van der Waals surface area contributed by atoms with Gasteiger partial charge in [-0.3, -0.25) is 0 Å². The van der Waals surface area contributed by atoms with Crippen LogP contribution in [0, 0.1) is 5.92 Å². The van der Waals surface area contributed by atoms with Gasteiger partial charge in [0.2, 0.25) is 0 Å². The lowest BCUT2D eigenvalue weighted by Gasteiger charge is -2.17. The maximum absolute atomic E-state index is 2.49. The van der Waals surface area contributed by atoms with Gasteiger partial charge >= 0.3 is 0 Å². The first-order valence-corrected chi connectivity index (χ1v) is 24.5. The number of unbranched alkanes of at least 4 members (excludes halogenated alkanes) is 37. The van der Waals surface area contributed by atoms with Gasteiger partial charge in [-0.05, 0) is 31.6 Å². The summed E-state index contributed by atoms with van der Waals surface area (Å²) in [6.45, 7) is 6.95. The second-order valence-corrected chi connectivity index (χ2v) is 17.0. The van der Waals surface area contributed by atoms with Crippen LogP contribution in [0.3, 0.4) is 0 Å². The Balaban J connectivity index is 3.96. The van der Waals surface area contributed by atoms with E-state index in [9.17, 15) is 0 Å². The predicted octanol–water partition coefficient (Wildman–Crippen LogP) is 19.4. The lowest BCUT2D eigenvalue weighted by atomic mass is 9.89. The molecule has 0 nitrogen and oxygen atoms in total. The Kier molecular flexibility index (Phi) is 46.5. The van der Waals surface area contributed by atoms with Crippen molar-refractivity contribution in [1.29, 1.82) is 0 Å². The Morgan fingerprint density at radius 2 is 0.400 bits per heavy atom. The van der Waals surface area contributed by atoms with Crippen LogP contribution in [0.1, 0.15) is 303 Å². The molecule has 300 valence electrons. The highest BCUT2D eigenvalue weighted by atomic mass is 14.1. The summed E-state index contributed by atoms with van der Waals surface area (Å²) in [4.78, 5) is 0. The molecule has 50 heavy (non-hydrogen) atoms. The Morgan fingerprint density at radius 3 is 0.640 bits per heavy atom. The van der Waals surface area contributed by atoms with Gasteiger partial charge in [-0.2, -0.15) is 0 Å². The highest BCUT2D eigenvalue weighted by Gasteiger charge is 2.09. The first kappa shape index (κ1) is 49.7. The molecular weight excluding hydrogens is 601 g/mol. The van der Waals surface area contributed by atoms with Crippen LogP contribution in [0.15, 0.2) is 12.2 Å². The highest BCUT2D eigenvalue weighted by molar-refractivity contribution is 4.81. The number of hydrogen-bond acceptors (Lipinski definition) is 0.